The highest BCUT2D eigenvalue weighted by Gasteiger charge is 2.35. The molecule has 1 fully saturated rings. The Balaban J connectivity index is 2.08. The maximum Gasteiger partial charge on any atom is 0.198 e. The summed E-state index contributed by atoms with van der Waals surface area (Å²) in [6.45, 7) is 9.05. The van der Waals surface area contributed by atoms with Crippen molar-refractivity contribution < 1.29 is 4.42 Å². The van der Waals surface area contributed by atoms with Gasteiger partial charge in [-0.25, -0.2) is 4.98 Å². The van der Waals surface area contributed by atoms with Crippen LogP contribution in [0, 0.1) is 5.92 Å². The molecule has 3 nitrogen and oxygen atoms in total. The molecule has 1 aromatic heterocycles. The van der Waals surface area contributed by atoms with Gasteiger partial charge >= 0.3 is 0 Å². The fourth-order valence-electron chi connectivity index (χ4n) is 2.61. The fourth-order valence-corrected chi connectivity index (χ4v) is 2.61. The predicted molar refractivity (Wildman–Crippen MR) is 59.7 cm³/mol. The molecule has 3 heteroatoms. The Morgan fingerprint density at radius 1 is 1.60 bits per heavy atom. The van der Waals surface area contributed by atoms with Gasteiger partial charge in [-0.15, -0.1) is 0 Å². The zero-order chi connectivity index (χ0) is 10.8. The molecule has 0 N–H and O–H groups in total. The second kappa shape index (κ2) is 4.35. The van der Waals surface area contributed by atoms with Gasteiger partial charge in [0.05, 0.1) is 6.20 Å². The van der Waals surface area contributed by atoms with Crippen LogP contribution in [0.3, 0.4) is 0 Å². The second-order valence-electron chi connectivity index (χ2n) is 4.70. The lowest BCUT2D eigenvalue weighted by atomic mass is 9.97. The largest absolute Gasteiger partial charge is 0.449 e. The van der Waals surface area contributed by atoms with Crippen LogP contribution in [0.2, 0.25) is 0 Å². The van der Waals surface area contributed by atoms with Crippen molar-refractivity contribution >= 4 is 0 Å². The van der Waals surface area contributed by atoms with Gasteiger partial charge in [0.2, 0.25) is 0 Å². The molecule has 1 aromatic rings. The Morgan fingerprint density at radius 2 is 2.40 bits per heavy atom. The van der Waals surface area contributed by atoms with E-state index in [-0.39, 0.29) is 0 Å². The van der Waals surface area contributed by atoms with E-state index >= 15 is 0 Å². The van der Waals surface area contributed by atoms with E-state index in [1.807, 2.05) is 0 Å². The minimum absolute atomic E-state index is 0.493. The van der Waals surface area contributed by atoms with Crippen molar-refractivity contribution in [2.75, 3.05) is 13.1 Å². The summed E-state index contributed by atoms with van der Waals surface area (Å²) in [6.07, 6.45) is 4.61. The van der Waals surface area contributed by atoms with E-state index in [0.717, 1.165) is 19.0 Å². The van der Waals surface area contributed by atoms with E-state index < -0.39 is 0 Å². The van der Waals surface area contributed by atoms with E-state index in [1.54, 1.807) is 12.5 Å². The van der Waals surface area contributed by atoms with Crippen LogP contribution in [0.1, 0.15) is 39.0 Å². The first-order valence-corrected chi connectivity index (χ1v) is 5.85. The molecule has 1 aliphatic rings. The monoisotopic (exact) mass is 208 g/mol. The molecule has 0 amide bonds. The van der Waals surface area contributed by atoms with Gasteiger partial charge in [0, 0.05) is 18.5 Å². The molecule has 0 aromatic carbocycles. The first-order chi connectivity index (χ1) is 7.22. The van der Waals surface area contributed by atoms with Gasteiger partial charge in [0.25, 0.3) is 0 Å². The molecule has 0 bridgehead atoms. The highest BCUT2D eigenvalue weighted by atomic mass is 16.3. The van der Waals surface area contributed by atoms with Crippen LogP contribution >= 0.6 is 0 Å². The third-order valence-electron chi connectivity index (χ3n) is 3.43. The van der Waals surface area contributed by atoms with Crippen LogP contribution in [0.5, 0.6) is 0 Å². The molecular weight excluding hydrogens is 188 g/mol. The van der Waals surface area contributed by atoms with Crippen LogP contribution in [0.15, 0.2) is 16.9 Å². The lowest BCUT2D eigenvalue weighted by Crippen LogP contribution is -2.33. The number of hydrogen-bond acceptors (Lipinski definition) is 3. The highest BCUT2D eigenvalue weighted by Crippen LogP contribution is 2.33. The standard InChI is InChI=1S/C12H20N2O/c1-4-14-8-10(7-11(14)9(2)3)12-13-5-6-15-12/h5-6,9-11H,4,7-8H2,1-3H3/t10-,11-/m0/s1. The predicted octanol–water partition coefficient (Wildman–Crippen LogP) is 2.51. The summed E-state index contributed by atoms with van der Waals surface area (Å²) in [5.74, 6) is 2.12. The van der Waals surface area contributed by atoms with Gasteiger partial charge in [-0.2, -0.15) is 0 Å². The Bertz CT molecular complexity index is 295. The number of likely N-dealkylation sites (N-methyl/N-ethyl adjacent to an activating group) is 1. The summed E-state index contributed by atoms with van der Waals surface area (Å²) >= 11 is 0. The molecule has 0 aliphatic carbocycles. The molecular formula is C12H20N2O. The van der Waals surface area contributed by atoms with Crippen LogP contribution in [-0.4, -0.2) is 29.0 Å². The fraction of sp³-hybridized carbons (Fsp3) is 0.750. The molecule has 0 spiro atoms. The average molecular weight is 208 g/mol. The minimum Gasteiger partial charge on any atom is -0.449 e. The van der Waals surface area contributed by atoms with Gasteiger partial charge in [-0.05, 0) is 18.9 Å². The SMILES string of the molecule is CCN1C[C@@H](c2ncco2)C[C@H]1C(C)C. The van der Waals surface area contributed by atoms with Crippen molar-refractivity contribution in [2.24, 2.45) is 5.92 Å². The molecule has 15 heavy (non-hydrogen) atoms. The van der Waals surface area contributed by atoms with Crippen molar-refractivity contribution in [3.05, 3.63) is 18.4 Å². The van der Waals surface area contributed by atoms with Crippen LogP contribution in [0.4, 0.5) is 0 Å². The molecule has 0 unspecified atom stereocenters. The van der Waals surface area contributed by atoms with Crippen molar-refractivity contribution in [3.8, 4) is 0 Å². The molecule has 2 rings (SSSR count). The number of hydrogen-bond donors (Lipinski definition) is 0. The van der Waals surface area contributed by atoms with E-state index in [2.05, 4.69) is 30.7 Å². The molecule has 2 heterocycles. The second-order valence-corrected chi connectivity index (χ2v) is 4.70. The lowest BCUT2D eigenvalue weighted by molar-refractivity contribution is 0.216. The van der Waals surface area contributed by atoms with E-state index in [1.165, 1.54) is 6.42 Å². The minimum atomic E-state index is 0.493. The Hall–Kier alpha value is -0.830. The van der Waals surface area contributed by atoms with E-state index in [0.29, 0.717) is 17.9 Å². The van der Waals surface area contributed by atoms with Gasteiger partial charge in [-0.1, -0.05) is 20.8 Å². The van der Waals surface area contributed by atoms with Gasteiger partial charge in [0.1, 0.15) is 6.26 Å². The topological polar surface area (TPSA) is 29.3 Å². The normalized spacial score (nSPS) is 27.7. The van der Waals surface area contributed by atoms with Gasteiger partial charge < -0.3 is 4.42 Å². The summed E-state index contributed by atoms with van der Waals surface area (Å²) in [6, 6.07) is 0.687. The molecule has 84 valence electrons. The maximum atomic E-state index is 5.40. The highest BCUT2D eigenvalue weighted by molar-refractivity contribution is 5.01. The van der Waals surface area contributed by atoms with Crippen LogP contribution in [0.25, 0.3) is 0 Å². The number of rotatable bonds is 3. The number of oxazole rings is 1. The molecule has 1 aliphatic heterocycles. The van der Waals surface area contributed by atoms with Crippen molar-refractivity contribution in [3.63, 3.8) is 0 Å². The molecule has 2 atom stereocenters. The van der Waals surface area contributed by atoms with Gasteiger partial charge in [-0.3, -0.25) is 4.90 Å². The average Bonchev–Trinajstić information content (AvgIpc) is 2.86. The third-order valence-corrected chi connectivity index (χ3v) is 3.43. The third kappa shape index (κ3) is 2.07. The number of likely N-dealkylation sites (tertiary alicyclic amines) is 1. The molecule has 1 saturated heterocycles. The van der Waals surface area contributed by atoms with Crippen molar-refractivity contribution in [2.45, 2.75) is 39.2 Å². The quantitative estimate of drug-likeness (QED) is 0.764. The van der Waals surface area contributed by atoms with E-state index in [9.17, 15) is 0 Å². The number of aromatic nitrogens is 1. The van der Waals surface area contributed by atoms with Crippen LogP contribution in [-0.2, 0) is 0 Å². The first-order valence-electron chi connectivity index (χ1n) is 5.85. The summed E-state index contributed by atoms with van der Waals surface area (Å²) in [5.41, 5.74) is 0. The molecule has 0 saturated carbocycles. The summed E-state index contributed by atoms with van der Waals surface area (Å²) in [7, 11) is 0. The maximum absolute atomic E-state index is 5.40. The number of nitrogens with zero attached hydrogens (tertiary/aromatic N) is 2. The van der Waals surface area contributed by atoms with Crippen LogP contribution < -0.4 is 0 Å². The molecule has 0 radical (unpaired) electrons. The Labute approximate surface area is 91.5 Å². The Kier molecular flexibility index (Phi) is 3.10. The van der Waals surface area contributed by atoms with Gasteiger partial charge in [0.15, 0.2) is 5.89 Å². The smallest absolute Gasteiger partial charge is 0.198 e. The van der Waals surface area contributed by atoms with E-state index in [4.69, 9.17) is 4.42 Å². The zero-order valence-electron chi connectivity index (χ0n) is 9.81. The lowest BCUT2D eigenvalue weighted by Gasteiger charge is -2.25. The summed E-state index contributed by atoms with van der Waals surface area (Å²) < 4.78 is 5.40. The summed E-state index contributed by atoms with van der Waals surface area (Å²) in [5, 5.41) is 0. The summed E-state index contributed by atoms with van der Waals surface area (Å²) in [4.78, 5) is 6.81. The zero-order valence-corrected chi connectivity index (χ0v) is 9.81. The Morgan fingerprint density at radius 3 is 2.87 bits per heavy atom. The van der Waals surface area contributed by atoms with Crippen molar-refractivity contribution in [1.29, 1.82) is 0 Å². The van der Waals surface area contributed by atoms with Crippen molar-refractivity contribution in [1.82, 2.24) is 9.88 Å². The first kappa shape index (κ1) is 10.7.